The molecule has 0 saturated heterocycles. The van der Waals surface area contributed by atoms with Crippen molar-refractivity contribution in [3.8, 4) is 0 Å². The summed E-state index contributed by atoms with van der Waals surface area (Å²) in [5.41, 5.74) is 1.44. The summed E-state index contributed by atoms with van der Waals surface area (Å²) in [6.45, 7) is 0. The van der Waals surface area contributed by atoms with Gasteiger partial charge in [0.05, 0.1) is 0 Å². The van der Waals surface area contributed by atoms with Crippen molar-refractivity contribution in [3.63, 3.8) is 0 Å². The largest absolute Gasteiger partial charge is 0.299 e. The van der Waals surface area contributed by atoms with Crippen molar-refractivity contribution in [1.29, 1.82) is 0 Å². The van der Waals surface area contributed by atoms with Crippen molar-refractivity contribution in [2.24, 2.45) is 17.8 Å². The van der Waals surface area contributed by atoms with Gasteiger partial charge in [0.25, 0.3) is 0 Å². The predicted molar refractivity (Wildman–Crippen MR) is 46.6 cm³/mol. The van der Waals surface area contributed by atoms with E-state index in [0.29, 0.717) is 23.5 Å². The highest BCUT2D eigenvalue weighted by Crippen LogP contribution is 2.49. The van der Waals surface area contributed by atoms with Crippen LogP contribution < -0.4 is 0 Å². The maximum Gasteiger partial charge on any atom is 0.140 e. The van der Waals surface area contributed by atoms with Crippen LogP contribution in [0.4, 0.5) is 0 Å². The minimum Gasteiger partial charge on any atom is -0.299 e. The first kappa shape index (κ1) is 6.64. The third-order valence-corrected chi connectivity index (χ3v) is 3.45. The molecule has 62 valence electrons. The first-order valence-corrected chi connectivity index (χ1v) is 4.77. The lowest BCUT2D eigenvalue weighted by Crippen LogP contribution is -2.23. The van der Waals surface area contributed by atoms with Gasteiger partial charge in [-0.2, -0.15) is 0 Å². The quantitative estimate of drug-likeness (QED) is 0.496. The average Bonchev–Trinajstić information content (AvgIpc) is 2.64. The highest BCUT2D eigenvalue weighted by atomic mass is 16.1. The van der Waals surface area contributed by atoms with E-state index < -0.39 is 0 Å². The first-order chi connectivity index (χ1) is 5.86. The fraction of sp³-hybridized carbons (Fsp3) is 0.545. The fourth-order valence-electron chi connectivity index (χ4n) is 2.94. The topological polar surface area (TPSA) is 17.1 Å². The number of allylic oxidation sites excluding steroid dienone is 4. The number of carbonyl (C=O) groups excluding carboxylic acids is 1. The Bertz CT molecular complexity index is 298. The highest BCUT2D eigenvalue weighted by Gasteiger charge is 2.44. The van der Waals surface area contributed by atoms with Crippen molar-refractivity contribution >= 4 is 5.78 Å². The molecule has 0 spiro atoms. The van der Waals surface area contributed by atoms with Crippen LogP contribution in [-0.4, -0.2) is 5.78 Å². The number of carbonyl (C=O) groups is 1. The van der Waals surface area contributed by atoms with Gasteiger partial charge in [0.2, 0.25) is 0 Å². The number of fused-ring (bicyclic) bond motifs is 5. The molecule has 0 heterocycles. The lowest BCUT2D eigenvalue weighted by Gasteiger charge is -2.23. The monoisotopic (exact) mass is 160 g/mol. The molecule has 1 saturated carbocycles. The molecule has 2 bridgehead atoms. The van der Waals surface area contributed by atoms with Crippen LogP contribution in [0.3, 0.4) is 0 Å². The first-order valence-electron chi connectivity index (χ1n) is 4.77. The maximum atomic E-state index is 11.6. The van der Waals surface area contributed by atoms with E-state index in [1.165, 1.54) is 12.0 Å². The normalized spacial score (nSPS) is 43.2. The number of Topliss-reactive ketones (excluding diaryl/α,β-unsaturated/α-hetero) is 1. The van der Waals surface area contributed by atoms with Crippen LogP contribution in [0.2, 0.25) is 0 Å². The van der Waals surface area contributed by atoms with Crippen molar-refractivity contribution in [2.45, 2.75) is 19.3 Å². The van der Waals surface area contributed by atoms with Crippen LogP contribution in [-0.2, 0) is 4.79 Å². The Morgan fingerprint density at radius 2 is 2.25 bits per heavy atom. The minimum absolute atomic E-state index is 0.300. The summed E-state index contributed by atoms with van der Waals surface area (Å²) in [6.07, 6.45) is 9.82. The molecule has 0 amide bonds. The molecule has 0 aromatic rings. The molecule has 3 aliphatic rings. The molecule has 1 fully saturated rings. The number of rotatable bonds is 0. The van der Waals surface area contributed by atoms with E-state index in [0.717, 1.165) is 12.8 Å². The average molecular weight is 160 g/mol. The number of ketones is 1. The number of hydrogen-bond donors (Lipinski definition) is 0. The molecule has 1 heteroatoms. The molecule has 0 radical (unpaired) electrons. The van der Waals surface area contributed by atoms with Crippen LogP contribution in [0, 0.1) is 17.8 Å². The van der Waals surface area contributed by atoms with Crippen molar-refractivity contribution in [2.75, 3.05) is 0 Å². The smallest absolute Gasteiger partial charge is 0.140 e. The maximum absolute atomic E-state index is 11.6. The minimum atomic E-state index is 0.300. The van der Waals surface area contributed by atoms with Gasteiger partial charge in [-0.15, -0.1) is 0 Å². The second kappa shape index (κ2) is 2.09. The van der Waals surface area contributed by atoms with E-state index in [1.54, 1.807) is 0 Å². The Morgan fingerprint density at radius 3 is 3.08 bits per heavy atom. The molecule has 0 N–H and O–H groups in total. The zero-order valence-electron chi connectivity index (χ0n) is 6.99. The van der Waals surface area contributed by atoms with E-state index in [1.807, 2.05) is 0 Å². The van der Waals surface area contributed by atoms with Gasteiger partial charge in [0, 0.05) is 12.3 Å². The Morgan fingerprint density at radius 1 is 1.33 bits per heavy atom. The van der Waals surface area contributed by atoms with Crippen LogP contribution in [0.5, 0.6) is 0 Å². The Labute approximate surface area is 72.2 Å². The predicted octanol–water partition coefficient (Wildman–Crippen LogP) is 2.10. The van der Waals surface area contributed by atoms with Crippen LogP contribution in [0.15, 0.2) is 23.8 Å². The summed E-state index contributed by atoms with van der Waals surface area (Å²) >= 11 is 0. The summed E-state index contributed by atoms with van der Waals surface area (Å²) < 4.78 is 0. The lowest BCUT2D eigenvalue weighted by atomic mass is 9.80. The summed E-state index contributed by atoms with van der Waals surface area (Å²) in [5, 5.41) is 0. The SMILES string of the molecule is O=C1CCC=C2[C@H]1[C@H]1C=C[C@@H]2C1. The van der Waals surface area contributed by atoms with Gasteiger partial charge in [-0.3, -0.25) is 4.79 Å². The molecule has 0 aromatic heterocycles. The zero-order chi connectivity index (χ0) is 8.13. The molecule has 12 heavy (non-hydrogen) atoms. The van der Waals surface area contributed by atoms with E-state index in [2.05, 4.69) is 18.2 Å². The van der Waals surface area contributed by atoms with Gasteiger partial charge in [-0.1, -0.05) is 23.8 Å². The fourth-order valence-corrected chi connectivity index (χ4v) is 2.94. The second-order valence-electron chi connectivity index (χ2n) is 4.08. The molecule has 0 unspecified atom stereocenters. The van der Waals surface area contributed by atoms with Crippen molar-refractivity contribution in [1.82, 2.24) is 0 Å². The van der Waals surface area contributed by atoms with Gasteiger partial charge < -0.3 is 0 Å². The third-order valence-electron chi connectivity index (χ3n) is 3.45. The van der Waals surface area contributed by atoms with Crippen molar-refractivity contribution in [3.05, 3.63) is 23.8 Å². The van der Waals surface area contributed by atoms with E-state index in [4.69, 9.17) is 0 Å². The molecule has 3 atom stereocenters. The van der Waals surface area contributed by atoms with Crippen LogP contribution in [0.1, 0.15) is 19.3 Å². The van der Waals surface area contributed by atoms with Crippen LogP contribution >= 0.6 is 0 Å². The summed E-state index contributed by atoms with van der Waals surface area (Å²) in [7, 11) is 0. The lowest BCUT2D eigenvalue weighted by molar-refractivity contribution is -0.122. The highest BCUT2D eigenvalue weighted by molar-refractivity contribution is 5.87. The molecule has 3 aliphatic carbocycles. The van der Waals surface area contributed by atoms with Gasteiger partial charge in [-0.25, -0.2) is 0 Å². The molecule has 1 nitrogen and oxygen atoms in total. The van der Waals surface area contributed by atoms with Gasteiger partial charge >= 0.3 is 0 Å². The van der Waals surface area contributed by atoms with Gasteiger partial charge in [-0.05, 0) is 24.7 Å². The Hall–Kier alpha value is -0.850. The third kappa shape index (κ3) is 0.669. The summed E-state index contributed by atoms with van der Waals surface area (Å²) in [4.78, 5) is 11.6. The van der Waals surface area contributed by atoms with Gasteiger partial charge in [0.15, 0.2) is 0 Å². The van der Waals surface area contributed by atoms with E-state index in [-0.39, 0.29) is 0 Å². The summed E-state index contributed by atoms with van der Waals surface area (Å²) in [5.74, 6) is 1.98. The second-order valence-corrected chi connectivity index (χ2v) is 4.08. The van der Waals surface area contributed by atoms with Crippen LogP contribution in [0.25, 0.3) is 0 Å². The standard InChI is InChI=1S/C11H12O/c12-10-3-1-2-9-7-4-5-8(6-7)11(9)10/h2,4-5,7-8,11H,1,3,6H2/t7-,8+,11-/m1/s1. The van der Waals surface area contributed by atoms with Crippen molar-refractivity contribution < 1.29 is 4.79 Å². The molecular weight excluding hydrogens is 148 g/mol. The molecule has 0 aliphatic heterocycles. The molecular formula is C11H12O. The van der Waals surface area contributed by atoms with E-state index >= 15 is 0 Å². The number of hydrogen-bond acceptors (Lipinski definition) is 1. The van der Waals surface area contributed by atoms with E-state index in [9.17, 15) is 4.79 Å². The van der Waals surface area contributed by atoms with Gasteiger partial charge in [0.1, 0.15) is 5.78 Å². The zero-order valence-corrected chi connectivity index (χ0v) is 6.99. The Balaban J connectivity index is 2.09. The molecule has 0 aromatic carbocycles. The molecule has 3 rings (SSSR count). The summed E-state index contributed by atoms with van der Waals surface area (Å²) in [6, 6.07) is 0. The Kier molecular flexibility index (Phi) is 1.16.